The number of hydrogen-bond acceptors (Lipinski definition) is 1. The summed E-state index contributed by atoms with van der Waals surface area (Å²) in [5.41, 5.74) is 2.85. The van der Waals surface area contributed by atoms with Crippen LogP contribution in [-0.2, 0) is 19.4 Å². The van der Waals surface area contributed by atoms with E-state index in [1.54, 1.807) is 6.07 Å². The third-order valence-electron chi connectivity index (χ3n) is 4.42. The Bertz CT molecular complexity index is 455. The van der Waals surface area contributed by atoms with Crippen molar-refractivity contribution in [3.05, 3.63) is 33.7 Å². The van der Waals surface area contributed by atoms with Crippen molar-refractivity contribution in [1.29, 1.82) is 0 Å². The Morgan fingerprint density at radius 3 is 2.53 bits per heavy atom. The number of rotatable bonds is 5. The van der Waals surface area contributed by atoms with Crippen molar-refractivity contribution in [2.45, 2.75) is 71.8 Å². The largest absolute Gasteiger partial charge is 0.312 e. The van der Waals surface area contributed by atoms with Crippen molar-refractivity contribution in [3.63, 3.8) is 0 Å². The molecule has 0 saturated heterocycles. The van der Waals surface area contributed by atoms with Gasteiger partial charge in [-0.1, -0.05) is 45.6 Å². The molecule has 1 heterocycles. The third kappa shape index (κ3) is 3.49. The molecule has 0 aliphatic heterocycles. The molecule has 1 fully saturated rings. The monoisotopic (exact) mass is 261 g/mol. The van der Waals surface area contributed by atoms with E-state index in [9.17, 15) is 4.79 Å². The van der Waals surface area contributed by atoms with Crippen molar-refractivity contribution >= 4 is 0 Å². The summed E-state index contributed by atoms with van der Waals surface area (Å²) in [7, 11) is 0. The maximum Gasteiger partial charge on any atom is 0.250 e. The van der Waals surface area contributed by atoms with Crippen LogP contribution in [-0.4, -0.2) is 4.57 Å². The summed E-state index contributed by atoms with van der Waals surface area (Å²) in [5.74, 6) is 0.717. The van der Waals surface area contributed by atoms with E-state index >= 15 is 0 Å². The summed E-state index contributed by atoms with van der Waals surface area (Å²) < 4.78 is 2.08. The van der Waals surface area contributed by atoms with Gasteiger partial charge in [-0.25, -0.2) is 0 Å². The van der Waals surface area contributed by atoms with E-state index in [1.165, 1.54) is 43.4 Å². The first kappa shape index (κ1) is 14.4. The molecule has 19 heavy (non-hydrogen) atoms. The van der Waals surface area contributed by atoms with Crippen molar-refractivity contribution in [2.24, 2.45) is 5.92 Å². The standard InChI is InChI=1S/C17H27NO/c1-3-8-16-15(4-2)11-12-17(19)18(16)13-14-9-6-5-7-10-14/h11-12,14H,3-10,13H2,1-2H3. The summed E-state index contributed by atoms with van der Waals surface area (Å²) in [6.45, 7) is 5.33. The maximum absolute atomic E-state index is 12.2. The molecule has 1 aromatic heterocycles. The Hall–Kier alpha value is -1.05. The number of aryl methyl sites for hydroxylation is 1. The van der Waals surface area contributed by atoms with Crippen molar-refractivity contribution in [1.82, 2.24) is 4.57 Å². The smallest absolute Gasteiger partial charge is 0.250 e. The van der Waals surface area contributed by atoms with Crippen LogP contribution in [0.1, 0.15) is 63.6 Å². The Labute approximate surface area is 116 Å². The van der Waals surface area contributed by atoms with Gasteiger partial charge >= 0.3 is 0 Å². The number of aromatic nitrogens is 1. The minimum Gasteiger partial charge on any atom is -0.312 e. The molecule has 2 rings (SSSR count). The first-order valence-electron chi connectivity index (χ1n) is 7.97. The van der Waals surface area contributed by atoms with E-state index in [0.717, 1.165) is 25.8 Å². The van der Waals surface area contributed by atoms with E-state index in [4.69, 9.17) is 0 Å². The molecule has 0 unspecified atom stereocenters. The van der Waals surface area contributed by atoms with E-state index in [2.05, 4.69) is 18.4 Å². The first-order valence-corrected chi connectivity index (χ1v) is 7.97. The molecule has 1 aromatic rings. The lowest BCUT2D eigenvalue weighted by Gasteiger charge is -2.25. The van der Waals surface area contributed by atoms with Gasteiger partial charge in [0, 0.05) is 18.3 Å². The minimum atomic E-state index is 0.200. The Morgan fingerprint density at radius 1 is 1.16 bits per heavy atom. The number of nitrogens with zero attached hydrogens (tertiary/aromatic N) is 1. The lowest BCUT2D eigenvalue weighted by molar-refractivity contribution is 0.312. The second kappa shape index (κ2) is 6.93. The van der Waals surface area contributed by atoms with Crippen LogP contribution in [0.3, 0.4) is 0 Å². The highest BCUT2D eigenvalue weighted by Gasteiger charge is 2.17. The van der Waals surface area contributed by atoms with Gasteiger partial charge in [0.05, 0.1) is 0 Å². The normalized spacial score (nSPS) is 16.7. The topological polar surface area (TPSA) is 22.0 Å². The van der Waals surface area contributed by atoms with E-state index in [0.29, 0.717) is 5.92 Å². The highest BCUT2D eigenvalue weighted by molar-refractivity contribution is 5.21. The van der Waals surface area contributed by atoms with Crippen molar-refractivity contribution in [3.8, 4) is 0 Å². The van der Waals surface area contributed by atoms with Gasteiger partial charge in [-0.3, -0.25) is 4.79 Å². The molecule has 1 aliphatic rings. The van der Waals surface area contributed by atoms with Gasteiger partial charge in [-0.15, -0.1) is 0 Å². The molecule has 106 valence electrons. The molecule has 2 heteroatoms. The Balaban J connectivity index is 2.27. The highest BCUT2D eigenvalue weighted by atomic mass is 16.1. The number of pyridine rings is 1. The molecule has 0 atom stereocenters. The predicted octanol–water partition coefficient (Wildman–Crippen LogP) is 3.94. The third-order valence-corrected chi connectivity index (χ3v) is 4.42. The molecule has 1 saturated carbocycles. The van der Waals surface area contributed by atoms with Crippen molar-refractivity contribution in [2.75, 3.05) is 0 Å². The quantitative estimate of drug-likeness (QED) is 0.787. The molecule has 0 bridgehead atoms. The Morgan fingerprint density at radius 2 is 1.89 bits per heavy atom. The maximum atomic E-state index is 12.2. The molecule has 1 aliphatic carbocycles. The predicted molar refractivity (Wildman–Crippen MR) is 80.7 cm³/mol. The van der Waals surface area contributed by atoms with Crippen LogP contribution >= 0.6 is 0 Å². The zero-order valence-electron chi connectivity index (χ0n) is 12.5. The van der Waals surface area contributed by atoms with Crippen LogP contribution in [0.25, 0.3) is 0 Å². The van der Waals surface area contributed by atoms with Gasteiger partial charge in [0.15, 0.2) is 0 Å². The molecule has 0 spiro atoms. The summed E-state index contributed by atoms with van der Waals surface area (Å²) in [6, 6.07) is 3.80. The lowest BCUT2D eigenvalue weighted by Crippen LogP contribution is -2.28. The molecule has 2 nitrogen and oxygen atoms in total. The zero-order chi connectivity index (χ0) is 13.7. The van der Waals surface area contributed by atoms with E-state index in [-0.39, 0.29) is 5.56 Å². The molecular weight excluding hydrogens is 234 g/mol. The second-order valence-electron chi connectivity index (χ2n) is 5.86. The first-order chi connectivity index (χ1) is 9.26. The average Bonchev–Trinajstić information content (AvgIpc) is 2.44. The molecular formula is C17H27NO. The molecule has 0 amide bonds. The summed E-state index contributed by atoms with van der Waals surface area (Å²) in [4.78, 5) is 12.2. The number of hydrogen-bond donors (Lipinski definition) is 0. The fourth-order valence-corrected chi connectivity index (χ4v) is 3.35. The van der Waals surface area contributed by atoms with Crippen LogP contribution in [0, 0.1) is 5.92 Å². The van der Waals surface area contributed by atoms with Crippen LogP contribution in [0.4, 0.5) is 0 Å². The molecule has 0 N–H and O–H groups in total. The van der Waals surface area contributed by atoms with Crippen molar-refractivity contribution < 1.29 is 0 Å². The fraction of sp³-hybridized carbons (Fsp3) is 0.706. The van der Waals surface area contributed by atoms with Crippen LogP contribution in [0.2, 0.25) is 0 Å². The second-order valence-corrected chi connectivity index (χ2v) is 5.86. The fourth-order valence-electron chi connectivity index (χ4n) is 3.35. The summed E-state index contributed by atoms with van der Waals surface area (Å²) in [5, 5.41) is 0. The van der Waals surface area contributed by atoms with Gasteiger partial charge in [0.25, 0.3) is 5.56 Å². The lowest BCUT2D eigenvalue weighted by atomic mass is 9.89. The SMILES string of the molecule is CCCc1c(CC)ccc(=O)n1CC1CCCCC1. The van der Waals surface area contributed by atoms with Gasteiger partial charge in [0.2, 0.25) is 0 Å². The van der Waals surface area contributed by atoms with E-state index in [1.807, 2.05) is 6.07 Å². The summed E-state index contributed by atoms with van der Waals surface area (Å²) >= 11 is 0. The van der Waals surface area contributed by atoms with Gasteiger partial charge in [0.1, 0.15) is 0 Å². The minimum absolute atomic E-state index is 0.200. The van der Waals surface area contributed by atoms with Gasteiger partial charge < -0.3 is 4.57 Å². The van der Waals surface area contributed by atoms with Crippen LogP contribution in [0.15, 0.2) is 16.9 Å². The molecule has 0 radical (unpaired) electrons. The highest BCUT2D eigenvalue weighted by Crippen LogP contribution is 2.25. The zero-order valence-corrected chi connectivity index (χ0v) is 12.5. The summed E-state index contributed by atoms with van der Waals surface area (Å²) in [6.07, 6.45) is 9.84. The Kier molecular flexibility index (Phi) is 5.24. The van der Waals surface area contributed by atoms with Gasteiger partial charge in [-0.2, -0.15) is 0 Å². The average molecular weight is 261 g/mol. The molecule has 0 aromatic carbocycles. The van der Waals surface area contributed by atoms with Crippen LogP contribution in [0.5, 0.6) is 0 Å². The van der Waals surface area contributed by atoms with Gasteiger partial charge in [-0.05, 0) is 37.2 Å². The van der Waals surface area contributed by atoms with E-state index < -0.39 is 0 Å². The van der Waals surface area contributed by atoms with Crippen LogP contribution < -0.4 is 5.56 Å².